The third-order valence-electron chi connectivity index (χ3n) is 3.50. The quantitative estimate of drug-likeness (QED) is 0.800. The first-order valence-electron chi connectivity index (χ1n) is 5.78. The molecule has 1 saturated carbocycles. The van der Waals surface area contributed by atoms with Crippen molar-refractivity contribution >= 4 is 11.3 Å². The number of aryl methyl sites for hydroxylation is 1. The van der Waals surface area contributed by atoms with E-state index in [2.05, 4.69) is 36.4 Å². The van der Waals surface area contributed by atoms with Crippen molar-refractivity contribution < 1.29 is 0 Å². The van der Waals surface area contributed by atoms with Crippen molar-refractivity contribution in [3.8, 4) is 6.07 Å². The normalized spacial score (nSPS) is 18.1. The maximum absolute atomic E-state index is 9.19. The minimum absolute atomic E-state index is 0.0418. The summed E-state index contributed by atoms with van der Waals surface area (Å²) in [6.45, 7) is 4.05. The largest absolute Gasteiger partial charge is 0.300 e. The second kappa shape index (κ2) is 4.57. The fraction of sp³-hybridized carbons (Fsp3) is 0.615. The number of hydrogen-bond donors (Lipinski definition) is 0. The Labute approximate surface area is 102 Å². The summed E-state index contributed by atoms with van der Waals surface area (Å²) in [5.74, 6) is 0. The maximum Gasteiger partial charge on any atom is 0.0703 e. The van der Waals surface area contributed by atoms with Crippen LogP contribution in [-0.2, 0) is 6.54 Å². The smallest absolute Gasteiger partial charge is 0.0703 e. The molecule has 1 aromatic heterocycles. The van der Waals surface area contributed by atoms with Crippen molar-refractivity contribution in [1.82, 2.24) is 4.90 Å². The van der Waals surface area contributed by atoms with E-state index in [0.29, 0.717) is 0 Å². The van der Waals surface area contributed by atoms with Crippen LogP contribution in [0.15, 0.2) is 11.4 Å². The number of nitrogens with zero attached hydrogens (tertiary/aromatic N) is 2. The van der Waals surface area contributed by atoms with Crippen LogP contribution in [0.5, 0.6) is 0 Å². The third-order valence-corrected chi connectivity index (χ3v) is 4.51. The Kier molecular flexibility index (Phi) is 3.32. The lowest BCUT2D eigenvalue weighted by Gasteiger charge is -2.38. The zero-order chi connectivity index (χ0) is 11.6. The molecule has 16 heavy (non-hydrogen) atoms. The molecule has 0 spiro atoms. The van der Waals surface area contributed by atoms with Crippen LogP contribution in [0.4, 0.5) is 0 Å². The lowest BCUT2D eigenvalue weighted by atomic mass is 9.70. The van der Waals surface area contributed by atoms with Gasteiger partial charge in [0, 0.05) is 18.0 Å². The Morgan fingerprint density at radius 1 is 1.56 bits per heavy atom. The third kappa shape index (κ3) is 2.28. The zero-order valence-corrected chi connectivity index (χ0v) is 10.8. The van der Waals surface area contributed by atoms with E-state index in [1.165, 1.54) is 16.9 Å². The molecule has 0 saturated heterocycles. The van der Waals surface area contributed by atoms with E-state index in [9.17, 15) is 5.26 Å². The van der Waals surface area contributed by atoms with Gasteiger partial charge in [-0.2, -0.15) is 5.26 Å². The van der Waals surface area contributed by atoms with Gasteiger partial charge in [0.05, 0.1) is 11.5 Å². The number of hydrogen-bond acceptors (Lipinski definition) is 3. The molecule has 1 aliphatic rings. The molecule has 0 aromatic carbocycles. The first-order chi connectivity index (χ1) is 7.65. The second-order valence-electron chi connectivity index (χ2n) is 4.94. The minimum Gasteiger partial charge on any atom is -0.300 e. The topological polar surface area (TPSA) is 27.0 Å². The summed E-state index contributed by atoms with van der Waals surface area (Å²) < 4.78 is 0. The van der Waals surface area contributed by atoms with Crippen molar-refractivity contribution in [2.75, 3.05) is 13.6 Å². The summed E-state index contributed by atoms with van der Waals surface area (Å²) in [6, 6.07) is 4.67. The lowest BCUT2D eigenvalue weighted by Crippen LogP contribution is -2.39. The van der Waals surface area contributed by atoms with Gasteiger partial charge in [0.2, 0.25) is 0 Å². The molecule has 1 fully saturated rings. The molecule has 1 aromatic rings. The van der Waals surface area contributed by atoms with Gasteiger partial charge >= 0.3 is 0 Å². The van der Waals surface area contributed by atoms with E-state index in [1.54, 1.807) is 0 Å². The van der Waals surface area contributed by atoms with Crippen LogP contribution in [0, 0.1) is 23.7 Å². The van der Waals surface area contributed by atoms with Crippen LogP contribution in [-0.4, -0.2) is 18.5 Å². The number of rotatable bonds is 4. The summed E-state index contributed by atoms with van der Waals surface area (Å²) >= 11 is 1.81. The van der Waals surface area contributed by atoms with E-state index >= 15 is 0 Å². The van der Waals surface area contributed by atoms with Crippen molar-refractivity contribution in [3.63, 3.8) is 0 Å². The molecule has 1 aliphatic carbocycles. The van der Waals surface area contributed by atoms with Crippen LogP contribution >= 0.6 is 11.3 Å². The number of thiophene rings is 1. The lowest BCUT2D eigenvalue weighted by molar-refractivity contribution is 0.135. The number of nitriles is 1. The van der Waals surface area contributed by atoms with Crippen molar-refractivity contribution in [3.05, 3.63) is 21.9 Å². The molecule has 0 radical (unpaired) electrons. The molecule has 86 valence electrons. The van der Waals surface area contributed by atoms with E-state index in [1.807, 2.05) is 11.3 Å². The molecule has 0 N–H and O–H groups in total. The van der Waals surface area contributed by atoms with Crippen LogP contribution in [0.2, 0.25) is 0 Å². The standard InChI is InChI=1S/C13H18N2S/c1-11-4-7-16-12(11)8-15(2)10-13(9-14)5-3-6-13/h4,7H,3,5-6,8,10H2,1-2H3. The van der Waals surface area contributed by atoms with E-state index in [-0.39, 0.29) is 5.41 Å². The van der Waals surface area contributed by atoms with Gasteiger partial charge in [0.1, 0.15) is 0 Å². The summed E-state index contributed by atoms with van der Waals surface area (Å²) in [4.78, 5) is 3.72. The molecule has 0 bridgehead atoms. The average molecular weight is 234 g/mol. The Balaban J connectivity index is 1.92. The molecule has 0 aliphatic heterocycles. The molecule has 0 atom stereocenters. The summed E-state index contributed by atoms with van der Waals surface area (Å²) in [6.07, 6.45) is 3.38. The first-order valence-corrected chi connectivity index (χ1v) is 6.66. The van der Waals surface area contributed by atoms with Gasteiger partial charge in [-0.05, 0) is 43.8 Å². The SMILES string of the molecule is Cc1ccsc1CN(C)CC1(C#N)CCC1. The maximum atomic E-state index is 9.19. The van der Waals surface area contributed by atoms with Crippen molar-refractivity contribution in [2.24, 2.45) is 5.41 Å². The minimum atomic E-state index is -0.0418. The molecular weight excluding hydrogens is 216 g/mol. The highest BCUT2D eigenvalue weighted by molar-refractivity contribution is 7.10. The zero-order valence-electron chi connectivity index (χ0n) is 9.99. The van der Waals surface area contributed by atoms with Crippen molar-refractivity contribution in [1.29, 1.82) is 5.26 Å². The van der Waals surface area contributed by atoms with E-state index in [0.717, 1.165) is 25.9 Å². The highest BCUT2D eigenvalue weighted by Crippen LogP contribution is 2.40. The fourth-order valence-corrected chi connectivity index (χ4v) is 3.28. The summed E-state index contributed by atoms with van der Waals surface area (Å²) in [5.41, 5.74) is 1.33. The second-order valence-corrected chi connectivity index (χ2v) is 5.95. The Bertz CT molecular complexity index is 398. The Hall–Kier alpha value is -0.850. The summed E-state index contributed by atoms with van der Waals surface area (Å²) in [7, 11) is 2.12. The fourth-order valence-electron chi connectivity index (χ4n) is 2.29. The highest BCUT2D eigenvalue weighted by Gasteiger charge is 2.38. The van der Waals surface area contributed by atoms with Crippen LogP contribution < -0.4 is 0 Å². The van der Waals surface area contributed by atoms with Gasteiger partial charge in [0.15, 0.2) is 0 Å². The van der Waals surface area contributed by atoms with Crippen molar-refractivity contribution in [2.45, 2.75) is 32.7 Å². The van der Waals surface area contributed by atoms with Crippen LogP contribution in [0.3, 0.4) is 0 Å². The molecule has 3 heteroatoms. The average Bonchev–Trinajstić information content (AvgIpc) is 2.58. The predicted octanol–water partition coefficient (Wildman–Crippen LogP) is 3.18. The molecule has 0 amide bonds. The first kappa shape index (κ1) is 11.6. The molecule has 2 rings (SSSR count). The van der Waals surface area contributed by atoms with Crippen LogP contribution in [0.25, 0.3) is 0 Å². The molecular formula is C13H18N2S. The molecule has 1 heterocycles. The van der Waals surface area contributed by atoms with E-state index < -0.39 is 0 Å². The van der Waals surface area contributed by atoms with Gasteiger partial charge < -0.3 is 0 Å². The Morgan fingerprint density at radius 2 is 2.31 bits per heavy atom. The molecule has 2 nitrogen and oxygen atoms in total. The van der Waals surface area contributed by atoms with Crippen LogP contribution in [0.1, 0.15) is 29.7 Å². The highest BCUT2D eigenvalue weighted by atomic mass is 32.1. The molecule has 0 unspecified atom stereocenters. The summed E-state index contributed by atoms with van der Waals surface area (Å²) in [5, 5.41) is 11.3. The van der Waals surface area contributed by atoms with E-state index in [4.69, 9.17) is 0 Å². The van der Waals surface area contributed by atoms with Gasteiger partial charge in [-0.3, -0.25) is 4.90 Å². The monoisotopic (exact) mass is 234 g/mol. The predicted molar refractivity (Wildman–Crippen MR) is 67.3 cm³/mol. The Morgan fingerprint density at radius 3 is 2.75 bits per heavy atom. The van der Waals surface area contributed by atoms with Gasteiger partial charge in [0.25, 0.3) is 0 Å². The van der Waals surface area contributed by atoms with Gasteiger partial charge in [-0.25, -0.2) is 0 Å². The van der Waals surface area contributed by atoms with Gasteiger partial charge in [-0.1, -0.05) is 6.42 Å². The van der Waals surface area contributed by atoms with Gasteiger partial charge in [-0.15, -0.1) is 11.3 Å².